The average Bonchev–Trinajstić information content (AvgIpc) is 3.35. The maximum absolute atomic E-state index is 12.6. The number of halogens is 2. The van der Waals surface area contributed by atoms with Gasteiger partial charge in [0.1, 0.15) is 5.65 Å². The van der Waals surface area contributed by atoms with Crippen molar-refractivity contribution in [2.75, 3.05) is 12.3 Å². The second kappa shape index (κ2) is 11.8. The zero-order valence-electron chi connectivity index (χ0n) is 17.3. The summed E-state index contributed by atoms with van der Waals surface area (Å²) >= 11 is 8.97. The molecule has 2 amide bonds. The molecule has 3 aromatic rings. The Labute approximate surface area is 207 Å². The van der Waals surface area contributed by atoms with E-state index in [1.807, 2.05) is 48.7 Å². The fourth-order valence-electron chi connectivity index (χ4n) is 3.38. The molecule has 9 heteroatoms. The highest BCUT2D eigenvalue weighted by molar-refractivity contribution is 8.18. The van der Waals surface area contributed by atoms with Crippen molar-refractivity contribution in [2.45, 2.75) is 30.7 Å². The van der Waals surface area contributed by atoms with Crippen molar-refractivity contribution < 1.29 is 9.59 Å². The maximum atomic E-state index is 12.6. The lowest BCUT2D eigenvalue weighted by atomic mass is 10.1. The summed E-state index contributed by atoms with van der Waals surface area (Å²) in [4.78, 5) is 31.1. The molecule has 0 bridgehead atoms. The number of nitrogens with zero attached hydrogens (tertiary/aromatic N) is 3. The quantitative estimate of drug-likeness (QED) is 0.188. The van der Waals surface area contributed by atoms with E-state index in [1.54, 1.807) is 18.0 Å². The van der Waals surface area contributed by atoms with Gasteiger partial charge in [-0.2, -0.15) is 0 Å². The first kappa shape index (κ1) is 24.7. The lowest BCUT2D eigenvalue weighted by Crippen LogP contribution is -2.29. The molecule has 3 heterocycles. The van der Waals surface area contributed by atoms with Gasteiger partial charge in [-0.1, -0.05) is 41.9 Å². The number of rotatable bonds is 9. The minimum absolute atomic E-state index is 0. The van der Waals surface area contributed by atoms with E-state index < -0.39 is 0 Å². The number of imide groups is 1. The number of amides is 2. The van der Waals surface area contributed by atoms with E-state index in [9.17, 15) is 9.59 Å². The Morgan fingerprint density at radius 3 is 2.78 bits per heavy atom. The zero-order chi connectivity index (χ0) is 21.6. The third-order valence-corrected chi connectivity index (χ3v) is 7.44. The molecule has 1 aliphatic rings. The summed E-state index contributed by atoms with van der Waals surface area (Å²) < 4.78 is 2.06. The highest BCUT2D eigenvalue weighted by Gasteiger charge is 2.34. The lowest BCUT2D eigenvalue weighted by Gasteiger charge is -2.12. The minimum Gasteiger partial charge on any atom is -0.294 e. The summed E-state index contributed by atoms with van der Waals surface area (Å²) in [5.41, 5.74) is 1.98. The SMILES string of the molecule is Cl.O=C1S/C(=C/CCc2ccccc2Cl)C(=O)N1CCCCSc1cccc2nccn12. The van der Waals surface area contributed by atoms with Crippen molar-refractivity contribution >= 4 is 64.3 Å². The summed E-state index contributed by atoms with van der Waals surface area (Å²) in [6.07, 6.45) is 8.73. The fourth-order valence-corrected chi connectivity index (χ4v) is 5.51. The van der Waals surface area contributed by atoms with Gasteiger partial charge in [0.25, 0.3) is 11.1 Å². The van der Waals surface area contributed by atoms with Crippen molar-refractivity contribution in [2.24, 2.45) is 0 Å². The summed E-state index contributed by atoms with van der Waals surface area (Å²) in [6.45, 7) is 0.461. The predicted octanol–water partition coefficient (Wildman–Crippen LogP) is 6.49. The van der Waals surface area contributed by atoms with E-state index >= 15 is 0 Å². The Hall–Kier alpha value is -1.93. The van der Waals surface area contributed by atoms with E-state index in [2.05, 4.69) is 15.5 Å². The van der Waals surface area contributed by atoms with Gasteiger partial charge < -0.3 is 0 Å². The maximum Gasteiger partial charge on any atom is 0.293 e. The largest absolute Gasteiger partial charge is 0.294 e. The standard InChI is InChI=1S/C23H22ClN3O2S2.ClH/c24-18-9-2-1-7-17(18)8-5-10-19-22(28)27(23(29)31-19)14-3-4-16-30-21-12-6-11-20-25-13-15-26(20)21;/h1-2,6-7,9-13,15H,3-5,8,14,16H2;1H/b19-10+;. The highest BCUT2D eigenvalue weighted by atomic mass is 35.5. The number of fused-ring (bicyclic) bond motifs is 1. The third-order valence-electron chi connectivity index (χ3n) is 4.99. The number of imidazole rings is 1. The molecule has 1 aliphatic heterocycles. The summed E-state index contributed by atoms with van der Waals surface area (Å²) in [5.74, 6) is 0.742. The Bertz CT molecular complexity index is 1130. The number of carbonyl (C=O) groups is 2. The Morgan fingerprint density at radius 1 is 1.09 bits per heavy atom. The van der Waals surface area contributed by atoms with Crippen LogP contribution in [-0.2, 0) is 11.2 Å². The van der Waals surface area contributed by atoms with Gasteiger partial charge in [-0.25, -0.2) is 4.98 Å². The van der Waals surface area contributed by atoms with Gasteiger partial charge in [-0.05, 0) is 67.0 Å². The number of thioether (sulfide) groups is 2. The van der Waals surface area contributed by atoms with Crippen LogP contribution in [0.5, 0.6) is 0 Å². The van der Waals surface area contributed by atoms with E-state index in [0.717, 1.165) is 58.0 Å². The fraction of sp³-hybridized carbons (Fsp3) is 0.261. The first-order chi connectivity index (χ1) is 15.1. The van der Waals surface area contributed by atoms with Crippen LogP contribution in [0.3, 0.4) is 0 Å². The van der Waals surface area contributed by atoms with Crippen LogP contribution in [0.15, 0.2) is 70.9 Å². The van der Waals surface area contributed by atoms with Crippen LogP contribution in [-0.4, -0.2) is 37.7 Å². The second-order valence-electron chi connectivity index (χ2n) is 7.10. The van der Waals surface area contributed by atoms with Crippen LogP contribution in [0.2, 0.25) is 5.02 Å². The van der Waals surface area contributed by atoms with Crippen LogP contribution in [0.1, 0.15) is 24.8 Å². The van der Waals surface area contributed by atoms with Gasteiger partial charge in [0.2, 0.25) is 0 Å². The molecule has 2 aromatic heterocycles. The molecular weight excluding hydrogens is 485 g/mol. The number of aryl methyl sites for hydroxylation is 1. The van der Waals surface area contributed by atoms with Gasteiger partial charge in [0.05, 0.1) is 9.93 Å². The smallest absolute Gasteiger partial charge is 0.293 e. The molecule has 0 aliphatic carbocycles. The molecule has 1 saturated heterocycles. The van der Waals surface area contributed by atoms with Crippen LogP contribution in [0, 0.1) is 0 Å². The molecule has 0 atom stereocenters. The molecule has 0 saturated carbocycles. The van der Waals surface area contributed by atoms with Crippen LogP contribution >= 0.6 is 47.5 Å². The highest BCUT2D eigenvalue weighted by Crippen LogP contribution is 2.31. The summed E-state index contributed by atoms with van der Waals surface area (Å²) in [6, 6.07) is 13.7. The molecule has 1 aromatic carbocycles. The first-order valence-corrected chi connectivity index (χ1v) is 12.3. The first-order valence-electron chi connectivity index (χ1n) is 10.2. The Kier molecular flexibility index (Phi) is 9.11. The zero-order valence-corrected chi connectivity index (χ0v) is 20.5. The minimum atomic E-state index is -0.176. The normalized spacial score (nSPS) is 15.0. The molecule has 0 spiro atoms. The topological polar surface area (TPSA) is 54.7 Å². The van der Waals surface area contributed by atoms with Crippen molar-refractivity contribution in [1.29, 1.82) is 0 Å². The molecular formula is C23H23Cl2N3O2S2. The molecule has 0 unspecified atom stereocenters. The molecule has 32 heavy (non-hydrogen) atoms. The molecule has 0 N–H and O–H groups in total. The number of aromatic nitrogens is 2. The van der Waals surface area contributed by atoms with E-state index in [1.165, 1.54) is 4.90 Å². The van der Waals surface area contributed by atoms with Gasteiger partial charge in [-0.3, -0.25) is 18.9 Å². The lowest BCUT2D eigenvalue weighted by molar-refractivity contribution is -0.122. The van der Waals surface area contributed by atoms with E-state index in [0.29, 0.717) is 17.9 Å². The monoisotopic (exact) mass is 507 g/mol. The number of carbonyl (C=O) groups excluding carboxylic acids is 2. The van der Waals surface area contributed by atoms with Gasteiger partial charge in [0.15, 0.2) is 0 Å². The summed E-state index contributed by atoms with van der Waals surface area (Å²) in [7, 11) is 0. The third kappa shape index (κ3) is 5.90. The number of pyridine rings is 1. The molecule has 4 rings (SSSR count). The van der Waals surface area contributed by atoms with Crippen molar-refractivity contribution in [3.05, 3.63) is 76.4 Å². The van der Waals surface area contributed by atoms with Gasteiger partial charge >= 0.3 is 0 Å². The van der Waals surface area contributed by atoms with Crippen LogP contribution in [0.25, 0.3) is 5.65 Å². The average molecular weight is 508 g/mol. The number of unbranched alkanes of at least 4 members (excludes halogenated alkanes) is 1. The number of benzene rings is 1. The molecule has 5 nitrogen and oxygen atoms in total. The number of hydrogen-bond donors (Lipinski definition) is 0. The molecule has 168 valence electrons. The Morgan fingerprint density at radius 2 is 1.94 bits per heavy atom. The molecule has 1 fully saturated rings. The van der Waals surface area contributed by atoms with Gasteiger partial charge in [-0.15, -0.1) is 24.2 Å². The Balaban J connectivity index is 0.00000289. The van der Waals surface area contributed by atoms with Crippen LogP contribution in [0.4, 0.5) is 4.79 Å². The number of allylic oxidation sites excluding steroid dienone is 1. The van der Waals surface area contributed by atoms with Crippen LogP contribution < -0.4 is 0 Å². The predicted molar refractivity (Wildman–Crippen MR) is 135 cm³/mol. The van der Waals surface area contributed by atoms with E-state index in [4.69, 9.17) is 11.6 Å². The van der Waals surface area contributed by atoms with Crippen molar-refractivity contribution in [3.63, 3.8) is 0 Å². The van der Waals surface area contributed by atoms with Crippen molar-refractivity contribution in [3.8, 4) is 0 Å². The van der Waals surface area contributed by atoms with Crippen molar-refractivity contribution in [1.82, 2.24) is 14.3 Å². The van der Waals surface area contributed by atoms with Gasteiger partial charge in [0, 0.05) is 24.0 Å². The summed E-state index contributed by atoms with van der Waals surface area (Å²) in [5, 5.41) is 1.69. The van der Waals surface area contributed by atoms with E-state index in [-0.39, 0.29) is 23.6 Å². The number of hydrogen-bond acceptors (Lipinski definition) is 5. The second-order valence-corrected chi connectivity index (χ2v) is 9.61. The molecule has 0 radical (unpaired) electrons.